The van der Waals surface area contributed by atoms with E-state index in [1.54, 1.807) is 20.4 Å². The van der Waals surface area contributed by atoms with Gasteiger partial charge in [0.25, 0.3) is 0 Å². The first-order chi connectivity index (χ1) is 30.9. The largest absolute Gasteiger partial charge is 3.00 e. The van der Waals surface area contributed by atoms with Crippen LogP contribution in [-0.4, -0.2) is 135 Å². The minimum atomic E-state index is 0. The summed E-state index contributed by atoms with van der Waals surface area (Å²) in [6, 6.07) is 3.70. The van der Waals surface area contributed by atoms with Crippen molar-refractivity contribution in [3.8, 4) is 11.5 Å². The zero-order chi connectivity index (χ0) is 44.8. The van der Waals surface area contributed by atoms with Crippen LogP contribution in [0.3, 0.4) is 0 Å². The molecule has 1 unspecified atom stereocenters. The Morgan fingerprint density at radius 1 is 0.594 bits per heavy atom. The molecule has 4 aliphatic rings. The average Bonchev–Trinajstić information content (AvgIpc) is 3.89. The molecule has 15 heteroatoms. The van der Waals surface area contributed by atoms with Crippen molar-refractivity contribution in [3.05, 3.63) is 69.2 Å². The minimum Gasteiger partial charge on any atom is -0.487 e. The second-order valence-electron chi connectivity index (χ2n) is 15.4. The molecule has 0 aromatic heterocycles. The van der Waals surface area contributed by atoms with Crippen molar-refractivity contribution in [2.45, 2.75) is 79.6 Å². The summed E-state index contributed by atoms with van der Waals surface area (Å²) in [5, 5.41) is 9.87. The number of benzene rings is 1. The molecule has 0 aliphatic carbocycles. The monoisotopic (exact) mass is 1030 g/mol. The fourth-order valence-corrected chi connectivity index (χ4v) is 7.62. The van der Waals surface area contributed by atoms with Gasteiger partial charge in [-0.2, -0.15) is 0 Å². The Morgan fingerprint density at radius 2 is 1.06 bits per heavy atom. The van der Waals surface area contributed by atoms with E-state index < -0.39 is 0 Å². The second kappa shape index (κ2) is 29.5. The van der Waals surface area contributed by atoms with Gasteiger partial charge in [0.2, 0.25) is 0 Å². The van der Waals surface area contributed by atoms with Crippen LogP contribution >= 0.6 is 0 Å². The first-order valence-electron chi connectivity index (χ1n) is 22.6. The third-order valence-electron chi connectivity index (χ3n) is 11.1. The summed E-state index contributed by atoms with van der Waals surface area (Å²) in [6.45, 7) is 16.0. The Bertz CT molecular complexity index is 2010. The van der Waals surface area contributed by atoms with Crippen LogP contribution in [0.25, 0.3) is 0 Å². The van der Waals surface area contributed by atoms with Crippen molar-refractivity contribution in [2.75, 3.05) is 100 Å². The minimum absolute atomic E-state index is 0. The third kappa shape index (κ3) is 15.5. The van der Waals surface area contributed by atoms with E-state index >= 15 is 0 Å². The molecule has 0 spiro atoms. The molecule has 0 saturated carbocycles. The van der Waals surface area contributed by atoms with Crippen molar-refractivity contribution in [1.29, 1.82) is 0 Å². The van der Waals surface area contributed by atoms with E-state index in [0.29, 0.717) is 102 Å². The number of nitrogens with zero attached hydrogens (tertiary/aromatic N) is 5. The van der Waals surface area contributed by atoms with Gasteiger partial charge in [-0.25, -0.2) is 9.98 Å². The molecule has 64 heavy (non-hydrogen) atoms. The molecule has 1 aromatic rings. The van der Waals surface area contributed by atoms with Crippen molar-refractivity contribution in [1.82, 2.24) is 0 Å². The number of hydrogen-bond acceptors (Lipinski definition) is 14. The van der Waals surface area contributed by atoms with E-state index in [1.165, 1.54) is 11.1 Å². The van der Waals surface area contributed by atoms with Crippen molar-refractivity contribution in [3.63, 3.8) is 0 Å². The van der Waals surface area contributed by atoms with Crippen molar-refractivity contribution in [2.24, 2.45) is 30.9 Å². The number of fused-ring (bicyclic) bond motifs is 4. The van der Waals surface area contributed by atoms with Crippen LogP contribution in [0.5, 0.6) is 11.5 Å². The molecule has 5 rings (SSSR count). The Morgan fingerprint density at radius 3 is 1.52 bits per heavy atom. The van der Waals surface area contributed by atoms with Gasteiger partial charge < -0.3 is 43.0 Å². The summed E-state index contributed by atoms with van der Waals surface area (Å²) in [6.07, 6.45) is 14.1. The predicted octanol–water partition coefficient (Wildman–Crippen LogP) is 8.64. The van der Waals surface area contributed by atoms with Crippen LogP contribution in [0.2, 0.25) is 0 Å². The number of aliphatic imine (C=N–C) groups is 5. The van der Waals surface area contributed by atoms with Gasteiger partial charge in [-0.15, -0.1) is 0 Å². The molecular weight excluding hydrogens is 960 g/mol. The predicted molar refractivity (Wildman–Crippen MR) is 252 cm³/mol. The van der Waals surface area contributed by atoms with Gasteiger partial charge in [-0.1, -0.05) is 27.2 Å². The van der Waals surface area contributed by atoms with Gasteiger partial charge in [0.1, 0.15) is 13.2 Å². The maximum Gasteiger partial charge on any atom is 3.00 e. The summed E-state index contributed by atoms with van der Waals surface area (Å²) in [4.78, 5) is 25.8. The molecule has 1 atom stereocenters. The molecule has 0 amide bonds. The molecule has 1 N–H and O–H groups in total. The van der Waals surface area contributed by atoms with Crippen LogP contribution in [-0.2, 0) is 28.4 Å². The number of unbranched alkanes of at least 4 members (excludes halogenated alkanes) is 1. The van der Waals surface area contributed by atoms with Gasteiger partial charge in [-0.3, -0.25) is 15.0 Å². The van der Waals surface area contributed by atoms with Gasteiger partial charge in [-0.05, 0) is 92.4 Å². The van der Waals surface area contributed by atoms with E-state index in [9.17, 15) is 5.11 Å². The molecule has 0 saturated heterocycles. The third-order valence-corrected chi connectivity index (χ3v) is 11.1. The Balaban J connectivity index is 0.00000898. The van der Waals surface area contributed by atoms with E-state index in [0.717, 1.165) is 83.0 Å². The molecule has 1 aromatic carbocycles. The second-order valence-corrected chi connectivity index (χ2v) is 15.4. The quantitative estimate of drug-likeness (QED) is 0.0813. The summed E-state index contributed by atoms with van der Waals surface area (Å²) >= 11 is 0. The normalized spacial score (nSPS) is 17.0. The van der Waals surface area contributed by atoms with Crippen LogP contribution in [0.4, 0.5) is 11.4 Å². The zero-order valence-electron chi connectivity index (χ0n) is 39.0. The first kappa shape index (κ1) is 53.5. The van der Waals surface area contributed by atoms with Crippen LogP contribution in [0.1, 0.15) is 79.6 Å². The number of allylic oxidation sites excluding steroid dienone is 7. The van der Waals surface area contributed by atoms with E-state index in [-0.39, 0.29) is 65.7 Å². The fourth-order valence-electron chi connectivity index (χ4n) is 7.62. The van der Waals surface area contributed by atoms with Gasteiger partial charge in [0.05, 0.1) is 124 Å². The molecule has 6 bridgehead atoms. The van der Waals surface area contributed by atoms with E-state index in [1.807, 2.05) is 18.3 Å². The smallest absolute Gasteiger partial charge is 0.487 e. The molecule has 4 heterocycles. The molecule has 349 valence electrons. The topological polar surface area (TPSA) is 156 Å². The van der Waals surface area contributed by atoms with E-state index in [4.69, 9.17) is 62.9 Å². The summed E-state index contributed by atoms with van der Waals surface area (Å²) in [5.41, 5.74) is 12.1. The number of hydrogen-bond donors (Lipinski definition) is 1. The molecular formula is C49H69GdN5O9+3. The maximum atomic E-state index is 9.87. The summed E-state index contributed by atoms with van der Waals surface area (Å²) in [7, 11) is 3.29. The van der Waals surface area contributed by atoms with Crippen molar-refractivity contribution < 1.29 is 82.9 Å². The average molecular weight is 1030 g/mol. The number of aliphatic hydroxyl groups excluding tert-OH is 1. The molecule has 14 nitrogen and oxygen atoms in total. The SMILES string of the molecule is CCCCC1=C(C)C2=NC1=CC1=NC(=C(CC)C1CC)C=C1N=C(C=Nc3cc(OCCOCCOCCOC)c(OCCOCCOCCOC)cc3N=C2)C(C)=C1CCCO.[Gd+3]. The summed E-state index contributed by atoms with van der Waals surface area (Å²) in [5.74, 6) is 1.16. The number of ether oxygens (including phenoxy) is 8. The number of aliphatic hydroxyl groups is 1. The molecule has 0 fully saturated rings. The molecule has 1 radical (unpaired) electrons. The fraction of sp³-hybridized carbons (Fsp3) is 0.571. The van der Waals surface area contributed by atoms with Crippen LogP contribution in [0.15, 0.2) is 94.2 Å². The van der Waals surface area contributed by atoms with Crippen LogP contribution in [0, 0.1) is 45.9 Å². The Labute approximate surface area is 412 Å². The number of rotatable bonds is 28. The van der Waals surface area contributed by atoms with Gasteiger partial charge in [0.15, 0.2) is 11.5 Å². The zero-order valence-corrected chi connectivity index (χ0v) is 41.3. The molecule has 4 aliphatic heterocycles. The summed E-state index contributed by atoms with van der Waals surface area (Å²) < 4.78 is 45.4. The Kier molecular flexibility index (Phi) is 24.7. The van der Waals surface area contributed by atoms with Crippen LogP contribution < -0.4 is 9.47 Å². The van der Waals surface area contributed by atoms with Gasteiger partial charge in [0, 0.05) is 38.9 Å². The standard InChI is InChI=1S/C49H69N5O9.Gd/c1-8-11-13-38-34(4)46-32-50-44-30-48(62-26-24-60-22-20-58-18-16-56-6)49(63-27-25-61-23-21-59-19-17-57-7)31-45(44)51-33-47-35(5)39(14-12-15-55)43(54-47)29-41-37(10-3)36(9-2)40(52-41)28-42(38)53-46;/h28-33,36,55H,8-27H2,1-7H3;/q;+3. The van der Waals surface area contributed by atoms with E-state index in [2.05, 4.69) is 46.8 Å². The Hall–Kier alpha value is -3.09. The van der Waals surface area contributed by atoms with Crippen molar-refractivity contribution >= 4 is 40.9 Å². The number of methoxy groups -OCH3 is 2. The maximum absolute atomic E-state index is 9.87. The van der Waals surface area contributed by atoms with Gasteiger partial charge >= 0.3 is 39.9 Å². The first-order valence-corrected chi connectivity index (χ1v) is 22.6.